The molecular weight excluding hydrogens is 266 g/mol. The van der Waals surface area contributed by atoms with Gasteiger partial charge >= 0.3 is 0 Å². The second-order valence-corrected chi connectivity index (χ2v) is 4.78. The molecule has 0 unspecified atom stereocenters. The zero-order chi connectivity index (χ0) is 15.1. The summed E-state index contributed by atoms with van der Waals surface area (Å²) in [6.45, 7) is 0.450. The second-order valence-electron chi connectivity index (χ2n) is 4.78. The minimum absolute atomic E-state index is 0.0265. The van der Waals surface area contributed by atoms with Gasteiger partial charge in [0.25, 0.3) is 0 Å². The average molecular weight is 287 g/mol. The van der Waals surface area contributed by atoms with Crippen LogP contribution in [0.5, 0.6) is 5.75 Å². The summed E-state index contributed by atoms with van der Waals surface area (Å²) in [5.74, 6) is 0.755. The molecule has 21 heavy (non-hydrogen) atoms. The van der Waals surface area contributed by atoms with Gasteiger partial charge < -0.3 is 20.3 Å². The fourth-order valence-electron chi connectivity index (χ4n) is 2.29. The first kappa shape index (κ1) is 15.5. The minimum Gasteiger partial charge on any atom is -0.497 e. The van der Waals surface area contributed by atoms with Gasteiger partial charge in [0, 0.05) is 6.54 Å². The van der Waals surface area contributed by atoms with E-state index in [1.165, 1.54) is 0 Å². The highest BCUT2D eigenvalue weighted by Crippen LogP contribution is 2.29. The van der Waals surface area contributed by atoms with Crippen LogP contribution in [-0.2, 0) is 0 Å². The molecule has 2 atom stereocenters. The Morgan fingerprint density at radius 2 is 1.67 bits per heavy atom. The normalized spacial score (nSPS) is 13.7. The van der Waals surface area contributed by atoms with Crippen molar-refractivity contribution in [2.75, 3.05) is 20.3 Å². The van der Waals surface area contributed by atoms with E-state index in [-0.39, 0.29) is 12.6 Å². The lowest BCUT2D eigenvalue weighted by atomic mass is 9.95. The zero-order valence-electron chi connectivity index (χ0n) is 12.1. The summed E-state index contributed by atoms with van der Waals surface area (Å²) in [5, 5.41) is 22.8. The molecule has 3 N–H and O–H groups in total. The summed E-state index contributed by atoms with van der Waals surface area (Å²) in [7, 11) is 1.61. The molecule has 2 aromatic carbocycles. The van der Waals surface area contributed by atoms with Crippen molar-refractivity contribution in [3.05, 3.63) is 65.7 Å². The van der Waals surface area contributed by atoms with Crippen LogP contribution in [-0.4, -0.2) is 30.5 Å². The van der Waals surface area contributed by atoms with Crippen LogP contribution in [0.25, 0.3) is 0 Å². The molecule has 0 aliphatic rings. The highest BCUT2D eigenvalue weighted by Gasteiger charge is 2.22. The van der Waals surface area contributed by atoms with Gasteiger partial charge in [-0.15, -0.1) is 0 Å². The van der Waals surface area contributed by atoms with Gasteiger partial charge in [0.05, 0.1) is 25.9 Å². The molecule has 0 aliphatic carbocycles. The molecule has 0 aliphatic heterocycles. The first-order chi connectivity index (χ1) is 10.3. The Bertz CT molecular complexity index is 527. The van der Waals surface area contributed by atoms with Crippen LogP contribution < -0.4 is 10.1 Å². The topological polar surface area (TPSA) is 61.7 Å². The van der Waals surface area contributed by atoms with E-state index in [1.807, 2.05) is 54.6 Å². The Morgan fingerprint density at radius 3 is 2.24 bits per heavy atom. The van der Waals surface area contributed by atoms with Gasteiger partial charge in [-0.3, -0.25) is 0 Å². The Kier molecular flexibility index (Phi) is 5.75. The van der Waals surface area contributed by atoms with Crippen molar-refractivity contribution in [1.82, 2.24) is 5.32 Å². The van der Waals surface area contributed by atoms with Crippen molar-refractivity contribution in [1.29, 1.82) is 0 Å². The number of aliphatic hydroxyl groups is 2. The Morgan fingerprint density at radius 1 is 1.00 bits per heavy atom. The van der Waals surface area contributed by atoms with E-state index in [1.54, 1.807) is 7.11 Å². The summed E-state index contributed by atoms with van der Waals surface area (Å²) in [4.78, 5) is 0. The first-order valence-corrected chi connectivity index (χ1v) is 6.97. The molecule has 0 bridgehead atoms. The summed E-state index contributed by atoms with van der Waals surface area (Å²) in [6, 6.07) is 16.8. The lowest BCUT2D eigenvalue weighted by Crippen LogP contribution is -2.29. The van der Waals surface area contributed by atoms with E-state index in [0.29, 0.717) is 6.54 Å². The van der Waals surface area contributed by atoms with Crippen LogP contribution in [0.1, 0.15) is 23.3 Å². The molecular formula is C17H21NO3. The predicted molar refractivity (Wildman–Crippen MR) is 82.2 cm³/mol. The molecule has 0 spiro atoms. The van der Waals surface area contributed by atoms with Crippen LogP contribution in [0.3, 0.4) is 0 Å². The van der Waals surface area contributed by atoms with E-state index in [2.05, 4.69) is 5.32 Å². The van der Waals surface area contributed by atoms with Gasteiger partial charge in [-0.1, -0.05) is 42.5 Å². The van der Waals surface area contributed by atoms with Crippen LogP contribution in [0.2, 0.25) is 0 Å². The maximum absolute atomic E-state index is 10.6. The third kappa shape index (κ3) is 4.04. The molecule has 4 heteroatoms. The molecule has 0 aromatic heterocycles. The maximum atomic E-state index is 10.6. The number of hydrogen-bond acceptors (Lipinski definition) is 4. The highest BCUT2D eigenvalue weighted by atomic mass is 16.5. The third-order valence-electron chi connectivity index (χ3n) is 3.41. The zero-order valence-corrected chi connectivity index (χ0v) is 12.1. The fraction of sp³-hybridized carbons (Fsp3) is 0.294. The van der Waals surface area contributed by atoms with E-state index in [4.69, 9.17) is 9.84 Å². The highest BCUT2D eigenvalue weighted by molar-refractivity contribution is 5.31. The van der Waals surface area contributed by atoms with Crippen LogP contribution in [0.4, 0.5) is 0 Å². The van der Waals surface area contributed by atoms with Gasteiger partial charge in [0.2, 0.25) is 0 Å². The van der Waals surface area contributed by atoms with E-state index in [0.717, 1.165) is 16.9 Å². The molecule has 0 fully saturated rings. The van der Waals surface area contributed by atoms with Crippen molar-refractivity contribution in [2.45, 2.75) is 12.1 Å². The maximum Gasteiger partial charge on any atom is 0.118 e. The molecule has 2 aromatic rings. The molecule has 0 amide bonds. The van der Waals surface area contributed by atoms with Crippen molar-refractivity contribution in [3.8, 4) is 5.75 Å². The molecule has 4 nitrogen and oxygen atoms in total. The number of ether oxygens (including phenoxy) is 1. The number of nitrogens with one attached hydrogen (secondary N) is 1. The third-order valence-corrected chi connectivity index (χ3v) is 3.41. The molecule has 0 saturated heterocycles. The Balaban J connectivity index is 2.22. The van der Waals surface area contributed by atoms with E-state index < -0.39 is 6.10 Å². The van der Waals surface area contributed by atoms with Gasteiger partial charge in [0.15, 0.2) is 0 Å². The summed E-state index contributed by atoms with van der Waals surface area (Å²) < 4.78 is 5.13. The van der Waals surface area contributed by atoms with E-state index in [9.17, 15) is 5.11 Å². The second kappa shape index (κ2) is 7.78. The van der Waals surface area contributed by atoms with Gasteiger partial charge in [-0.2, -0.15) is 0 Å². The van der Waals surface area contributed by atoms with Crippen molar-refractivity contribution < 1.29 is 14.9 Å². The summed E-state index contributed by atoms with van der Waals surface area (Å²) >= 11 is 0. The van der Waals surface area contributed by atoms with Crippen LogP contribution in [0, 0.1) is 0 Å². The lowest BCUT2D eigenvalue weighted by Gasteiger charge is -2.25. The summed E-state index contributed by atoms with van der Waals surface area (Å²) in [6.07, 6.45) is -0.704. The molecule has 112 valence electrons. The largest absolute Gasteiger partial charge is 0.497 e. The Labute approximate surface area is 125 Å². The monoisotopic (exact) mass is 287 g/mol. The van der Waals surface area contributed by atoms with Gasteiger partial charge in [-0.05, 0) is 23.3 Å². The molecule has 0 saturated carbocycles. The van der Waals surface area contributed by atoms with Gasteiger partial charge in [0.1, 0.15) is 5.75 Å². The number of methoxy groups -OCH3 is 1. The number of rotatable bonds is 7. The van der Waals surface area contributed by atoms with E-state index >= 15 is 0 Å². The number of aliphatic hydroxyl groups excluding tert-OH is 2. The minimum atomic E-state index is -0.704. The Hall–Kier alpha value is -1.88. The van der Waals surface area contributed by atoms with Crippen molar-refractivity contribution in [2.24, 2.45) is 0 Å². The molecule has 0 heterocycles. The lowest BCUT2D eigenvalue weighted by molar-refractivity contribution is 0.124. The average Bonchev–Trinajstić information content (AvgIpc) is 2.56. The van der Waals surface area contributed by atoms with Crippen molar-refractivity contribution in [3.63, 3.8) is 0 Å². The van der Waals surface area contributed by atoms with Crippen molar-refractivity contribution >= 4 is 0 Å². The molecule has 2 rings (SSSR count). The first-order valence-electron chi connectivity index (χ1n) is 6.97. The number of benzene rings is 2. The predicted octanol–water partition coefficient (Wildman–Crippen LogP) is 2.05. The van der Waals surface area contributed by atoms with Gasteiger partial charge in [-0.25, -0.2) is 0 Å². The van der Waals surface area contributed by atoms with Crippen LogP contribution >= 0.6 is 0 Å². The fourth-order valence-corrected chi connectivity index (χ4v) is 2.29. The molecule has 0 radical (unpaired) electrons. The SMILES string of the molecule is COc1ccc([C@H](O)[C@H](NCCO)c2ccccc2)cc1. The summed E-state index contributed by atoms with van der Waals surface area (Å²) in [5.41, 5.74) is 1.78. The quantitative estimate of drug-likeness (QED) is 0.729. The van der Waals surface area contributed by atoms with Crippen LogP contribution in [0.15, 0.2) is 54.6 Å². The number of hydrogen-bond donors (Lipinski definition) is 3. The smallest absolute Gasteiger partial charge is 0.118 e. The standard InChI is InChI=1S/C17H21NO3/c1-21-15-9-7-14(8-10-15)17(20)16(18-11-12-19)13-5-3-2-4-6-13/h2-10,16-20H,11-12H2,1H3/t16-,17+/m1/s1.